The molecule has 0 radical (unpaired) electrons. The van der Waals surface area contributed by atoms with Crippen LogP contribution >= 0.6 is 0 Å². The van der Waals surface area contributed by atoms with Crippen molar-refractivity contribution in [2.75, 3.05) is 0 Å². The van der Waals surface area contributed by atoms with Crippen molar-refractivity contribution in [2.45, 2.75) is 65.7 Å². The average Bonchev–Trinajstić information content (AvgIpc) is 2.63. The minimum absolute atomic E-state index is 0.136. The van der Waals surface area contributed by atoms with Gasteiger partial charge in [-0.05, 0) is 26.7 Å². The van der Waals surface area contributed by atoms with Crippen LogP contribution < -0.4 is 5.32 Å². The van der Waals surface area contributed by atoms with Gasteiger partial charge in [0.1, 0.15) is 6.54 Å². The topological polar surface area (TPSA) is 84.2 Å². The maximum absolute atomic E-state index is 12.6. The number of carboxylic acids is 1. The Morgan fingerprint density at radius 3 is 2.28 bits per heavy atom. The Morgan fingerprint density at radius 1 is 1.28 bits per heavy atom. The van der Waals surface area contributed by atoms with E-state index in [1.54, 1.807) is 27.7 Å². The van der Waals surface area contributed by atoms with Crippen LogP contribution in [0.3, 0.4) is 0 Å². The lowest BCUT2D eigenvalue weighted by Gasteiger charge is -2.33. The largest absolute Gasteiger partial charge is 0.481 e. The van der Waals surface area contributed by atoms with Crippen LogP contribution in [0.4, 0.5) is 13.2 Å². The Hall–Kier alpha value is -2.06. The number of nitrogens with one attached hydrogen (secondary N) is 1. The molecule has 1 atom stereocenters. The molecule has 25 heavy (non-hydrogen) atoms. The monoisotopic (exact) mass is 363 g/mol. The smallest absolute Gasteiger partial charge is 0.408 e. The Kier molecular flexibility index (Phi) is 6.25. The normalized spacial score (nSPS) is 14.4. The van der Waals surface area contributed by atoms with Crippen molar-refractivity contribution >= 4 is 11.9 Å². The number of aromatic nitrogens is 2. The second kappa shape index (κ2) is 7.45. The average molecular weight is 363 g/mol. The van der Waals surface area contributed by atoms with Crippen LogP contribution in [0, 0.1) is 19.8 Å². The highest BCUT2D eigenvalue weighted by molar-refractivity contribution is 5.81. The molecular weight excluding hydrogens is 339 g/mol. The van der Waals surface area contributed by atoms with Crippen molar-refractivity contribution in [3.05, 3.63) is 17.0 Å². The van der Waals surface area contributed by atoms with Crippen LogP contribution in [0.25, 0.3) is 0 Å². The molecule has 0 aliphatic carbocycles. The SMILES string of the molecule is Cc1nn(CC(F)(F)F)c(C)c1CC(=O)NC(C)(CC(=O)O)C(C)C. The van der Waals surface area contributed by atoms with Gasteiger partial charge in [0.05, 0.1) is 18.5 Å². The molecule has 1 unspecified atom stereocenters. The van der Waals surface area contributed by atoms with Crippen molar-refractivity contribution in [3.63, 3.8) is 0 Å². The number of carboxylic acid groups (broad SMARTS) is 1. The summed E-state index contributed by atoms with van der Waals surface area (Å²) >= 11 is 0. The summed E-state index contributed by atoms with van der Waals surface area (Å²) in [6.45, 7) is 7.03. The fraction of sp³-hybridized carbons (Fsp3) is 0.688. The van der Waals surface area contributed by atoms with Crippen LogP contribution in [0.2, 0.25) is 0 Å². The van der Waals surface area contributed by atoms with Crippen molar-refractivity contribution in [1.29, 1.82) is 0 Å². The molecule has 1 heterocycles. The number of hydrogen-bond donors (Lipinski definition) is 2. The molecule has 0 aromatic carbocycles. The summed E-state index contributed by atoms with van der Waals surface area (Å²) in [5.41, 5.74) is 0.0891. The lowest BCUT2D eigenvalue weighted by molar-refractivity contribution is -0.143. The molecule has 0 bridgehead atoms. The lowest BCUT2D eigenvalue weighted by atomic mass is 9.85. The molecular formula is C16H24F3N3O3. The minimum atomic E-state index is -4.40. The van der Waals surface area contributed by atoms with Gasteiger partial charge < -0.3 is 10.4 Å². The van der Waals surface area contributed by atoms with Gasteiger partial charge in [0.2, 0.25) is 5.91 Å². The molecule has 0 saturated carbocycles. The zero-order valence-electron chi connectivity index (χ0n) is 15.0. The van der Waals surface area contributed by atoms with Crippen LogP contribution in [0.15, 0.2) is 0 Å². The molecule has 0 saturated heterocycles. The van der Waals surface area contributed by atoms with Gasteiger partial charge in [0.25, 0.3) is 0 Å². The van der Waals surface area contributed by atoms with E-state index in [4.69, 9.17) is 5.11 Å². The number of carbonyl (C=O) groups is 2. The van der Waals surface area contributed by atoms with E-state index in [2.05, 4.69) is 10.4 Å². The second-order valence-electron chi connectivity index (χ2n) is 6.79. The van der Waals surface area contributed by atoms with E-state index in [0.717, 1.165) is 4.68 Å². The second-order valence-corrected chi connectivity index (χ2v) is 6.79. The molecule has 0 aliphatic rings. The van der Waals surface area contributed by atoms with Gasteiger partial charge in [0.15, 0.2) is 0 Å². The predicted octanol–water partition coefficient (Wildman–Crippen LogP) is 2.61. The highest BCUT2D eigenvalue weighted by atomic mass is 19.4. The lowest BCUT2D eigenvalue weighted by Crippen LogP contribution is -2.51. The third-order valence-corrected chi connectivity index (χ3v) is 4.42. The third-order valence-electron chi connectivity index (χ3n) is 4.42. The third kappa shape index (κ3) is 5.75. The molecule has 0 spiro atoms. The zero-order valence-corrected chi connectivity index (χ0v) is 15.0. The first-order valence-electron chi connectivity index (χ1n) is 7.87. The van der Waals surface area contributed by atoms with E-state index >= 15 is 0 Å². The summed E-state index contributed by atoms with van der Waals surface area (Å²) in [6, 6.07) is 0. The molecule has 1 rings (SSSR count). The van der Waals surface area contributed by atoms with Crippen LogP contribution in [-0.4, -0.2) is 38.5 Å². The fourth-order valence-corrected chi connectivity index (χ4v) is 2.54. The molecule has 1 aromatic heterocycles. The van der Waals surface area contributed by atoms with Crippen LogP contribution in [0.1, 0.15) is 44.1 Å². The number of hydrogen-bond acceptors (Lipinski definition) is 3. The van der Waals surface area contributed by atoms with Crippen molar-refractivity contribution in [2.24, 2.45) is 5.92 Å². The Labute approximate surface area is 144 Å². The van der Waals surface area contributed by atoms with Crippen molar-refractivity contribution in [1.82, 2.24) is 15.1 Å². The summed E-state index contributed by atoms with van der Waals surface area (Å²) in [6.07, 6.45) is -4.81. The zero-order chi connectivity index (χ0) is 19.6. The molecule has 0 fully saturated rings. The van der Waals surface area contributed by atoms with Crippen molar-refractivity contribution in [3.8, 4) is 0 Å². The standard InChI is InChI=1S/C16H24F3N3O3/c1-9(2)15(5,7-14(24)25)20-13(23)6-12-10(3)21-22(11(12)4)8-16(17,18)19/h9H,6-8H2,1-5H3,(H,20,23)(H,24,25). The van der Waals surface area contributed by atoms with E-state index in [1.165, 1.54) is 6.92 Å². The van der Waals surface area contributed by atoms with Gasteiger partial charge in [-0.2, -0.15) is 18.3 Å². The van der Waals surface area contributed by atoms with Gasteiger partial charge in [-0.25, -0.2) is 0 Å². The molecule has 9 heteroatoms. The number of carbonyl (C=O) groups excluding carboxylic acids is 1. The van der Waals surface area contributed by atoms with Gasteiger partial charge in [0, 0.05) is 16.8 Å². The van der Waals surface area contributed by atoms with E-state index in [9.17, 15) is 22.8 Å². The van der Waals surface area contributed by atoms with Gasteiger partial charge in [-0.3, -0.25) is 14.3 Å². The van der Waals surface area contributed by atoms with Gasteiger partial charge in [-0.15, -0.1) is 0 Å². The number of alkyl halides is 3. The Balaban J connectivity index is 2.95. The number of rotatable bonds is 7. The van der Waals surface area contributed by atoms with Crippen LogP contribution in [0.5, 0.6) is 0 Å². The van der Waals surface area contributed by atoms with Gasteiger partial charge >= 0.3 is 12.1 Å². The quantitative estimate of drug-likeness (QED) is 0.780. The maximum atomic E-state index is 12.6. The number of nitrogens with zero attached hydrogens (tertiary/aromatic N) is 2. The Bertz CT molecular complexity index is 653. The van der Waals surface area contributed by atoms with Crippen molar-refractivity contribution < 1.29 is 27.9 Å². The first-order chi connectivity index (χ1) is 11.2. The summed E-state index contributed by atoms with van der Waals surface area (Å²) in [4.78, 5) is 23.4. The molecule has 0 aliphatic heterocycles. The number of aliphatic carboxylic acids is 1. The highest BCUT2D eigenvalue weighted by Crippen LogP contribution is 2.23. The first kappa shape index (κ1) is 21.0. The summed E-state index contributed by atoms with van der Waals surface area (Å²) in [5, 5.41) is 15.6. The number of amides is 1. The maximum Gasteiger partial charge on any atom is 0.408 e. The van der Waals surface area contributed by atoms with Crippen LogP contribution in [-0.2, 0) is 22.6 Å². The van der Waals surface area contributed by atoms with E-state index in [-0.39, 0.29) is 24.5 Å². The first-order valence-corrected chi connectivity index (χ1v) is 7.87. The molecule has 2 N–H and O–H groups in total. The number of halogens is 3. The molecule has 1 aromatic rings. The summed E-state index contributed by atoms with van der Waals surface area (Å²) < 4.78 is 38.5. The highest BCUT2D eigenvalue weighted by Gasteiger charge is 2.34. The predicted molar refractivity (Wildman–Crippen MR) is 85.1 cm³/mol. The van der Waals surface area contributed by atoms with E-state index < -0.39 is 30.1 Å². The minimum Gasteiger partial charge on any atom is -0.481 e. The fourth-order valence-electron chi connectivity index (χ4n) is 2.54. The van der Waals surface area contributed by atoms with E-state index in [1.807, 2.05) is 0 Å². The molecule has 142 valence electrons. The molecule has 6 nitrogen and oxygen atoms in total. The van der Waals surface area contributed by atoms with E-state index in [0.29, 0.717) is 11.3 Å². The summed E-state index contributed by atoms with van der Waals surface area (Å²) in [5.74, 6) is -1.63. The molecule has 1 amide bonds. The number of aryl methyl sites for hydroxylation is 1. The Morgan fingerprint density at radius 2 is 1.84 bits per heavy atom. The van der Waals surface area contributed by atoms with Gasteiger partial charge in [-0.1, -0.05) is 13.8 Å². The summed E-state index contributed by atoms with van der Waals surface area (Å²) in [7, 11) is 0.